The Kier molecular flexibility index (Phi) is 7.02. The van der Waals surface area contributed by atoms with Gasteiger partial charge in [-0.1, -0.05) is 48.5 Å². The second-order valence-electron chi connectivity index (χ2n) is 6.32. The van der Waals surface area contributed by atoms with E-state index in [4.69, 9.17) is 10.1 Å². The zero-order chi connectivity index (χ0) is 20.1. The van der Waals surface area contributed by atoms with Crippen LogP contribution in [0.5, 0.6) is 0 Å². The summed E-state index contributed by atoms with van der Waals surface area (Å²) < 4.78 is 0. The Morgan fingerprint density at radius 1 is 0.767 bits per heavy atom. The molecule has 30 heavy (non-hydrogen) atoms. The van der Waals surface area contributed by atoms with E-state index in [0.29, 0.717) is 0 Å². The molecule has 3 aromatic carbocycles. The number of hydrogen-bond donors (Lipinski definition) is 1. The molecule has 4 nitrogen and oxygen atoms in total. The van der Waals surface area contributed by atoms with Gasteiger partial charge in [0.25, 0.3) is 0 Å². The number of hydrogen-bond acceptors (Lipinski definition) is 3. The zero-order valence-electron chi connectivity index (χ0n) is 15.8. The van der Waals surface area contributed by atoms with Crippen molar-refractivity contribution in [3.05, 3.63) is 109 Å². The molecule has 0 spiro atoms. The molecule has 1 N–H and O–H groups in total. The molecule has 0 atom stereocenters. The smallest absolute Gasteiger partial charge is 0.354 e. The van der Waals surface area contributed by atoms with Crippen LogP contribution in [0.4, 0.5) is 0 Å². The number of carboxylic acids is 1. The molecule has 0 bridgehead atoms. The van der Waals surface area contributed by atoms with Gasteiger partial charge in [0.15, 0.2) is 0 Å². The van der Waals surface area contributed by atoms with E-state index < -0.39 is 5.97 Å². The molecule has 2 heterocycles. The molecular weight excluding hydrogens is 553 g/mol. The van der Waals surface area contributed by atoms with E-state index in [1.165, 1.54) is 28.4 Å². The molecule has 0 aliphatic rings. The molecule has 0 saturated heterocycles. The number of fused-ring (bicyclic) bond motifs is 3. The first-order chi connectivity index (χ1) is 14.2. The first kappa shape index (κ1) is 21.3. The van der Waals surface area contributed by atoms with Gasteiger partial charge in [-0.15, -0.1) is 35.9 Å². The molecule has 0 saturated carbocycles. The van der Waals surface area contributed by atoms with Gasteiger partial charge in [0.2, 0.25) is 0 Å². The molecule has 0 aliphatic carbocycles. The van der Waals surface area contributed by atoms with E-state index in [9.17, 15) is 4.79 Å². The Morgan fingerprint density at radius 2 is 1.43 bits per heavy atom. The maximum Gasteiger partial charge on any atom is 0.354 e. The average Bonchev–Trinajstić information content (AvgIpc) is 2.80. The quantitative estimate of drug-likeness (QED) is 0.221. The van der Waals surface area contributed by atoms with Gasteiger partial charge in [-0.3, -0.25) is 4.98 Å². The second kappa shape index (κ2) is 9.88. The summed E-state index contributed by atoms with van der Waals surface area (Å²) in [7, 11) is 0. The van der Waals surface area contributed by atoms with E-state index in [2.05, 4.69) is 59.6 Å². The molecule has 0 amide bonds. The molecule has 2 aromatic heterocycles. The van der Waals surface area contributed by atoms with Crippen LogP contribution < -0.4 is 0 Å². The number of benzene rings is 3. The molecule has 149 valence electrons. The predicted molar refractivity (Wildman–Crippen MR) is 115 cm³/mol. The van der Waals surface area contributed by atoms with Gasteiger partial charge in [0, 0.05) is 31.7 Å². The first-order valence-corrected chi connectivity index (χ1v) is 9.13. The minimum atomic E-state index is -0.990. The zero-order valence-corrected chi connectivity index (χ0v) is 18.2. The Hall–Kier alpha value is -3.40. The maximum absolute atomic E-state index is 10.1. The number of carboxylic acid groups (broad SMARTS) is 1. The molecule has 5 rings (SSSR count). The Bertz CT molecular complexity index is 1280. The van der Waals surface area contributed by atoms with Gasteiger partial charge < -0.3 is 5.11 Å². The summed E-state index contributed by atoms with van der Waals surface area (Å²) in [5, 5.41) is 11.9. The monoisotopic (exact) mass is 570 g/mol. The number of pyridine rings is 2. The van der Waals surface area contributed by atoms with Gasteiger partial charge in [0.05, 0.1) is 5.52 Å². The SMILES string of the molecule is O=C(O)c1ccccn1.[Ir].[c-]1ccccc1-c1nc2ccccc2c2ccccc12. The first-order valence-electron chi connectivity index (χ1n) is 9.13. The van der Waals surface area contributed by atoms with Crippen molar-refractivity contribution in [3.63, 3.8) is 0 Å². The molecular formula is C25H17IrN2O2-. The summed E-state index contributed by atoms with van der Waals surface area (Å²) in [6.07, 6.45) is 1.45. The number of aromatic carboxylic acids is 1. The fourth-order valence-corrected chi connectivity index (χ4v) is 3.14. The van der Waals surface area contributed by atoms with E-state index in [1.54, 1.807) is 12.1 Å². The number of nitrogens with zero attached hydrogens (tertiary/aromatic N) is 2. The normalized spacial score (nSPS) is 10.0. The Morgan fingerprint density at radius 3 is 2.07 bits per heavy atom. The molecule has 1 radical (unpaired) electrons. The Balaban J connectivity index is 0.000000218. The van der Waals surface area contributed by atoms with Crippen LogP contribution in [0.25, 0.3) is 32.9 Å². The van der Waals surface area contributed by atoms with E-state index >= 15 is 0 Å². The van der Waals surface area contributed by atoms with Gasteiger partial charge in [0.1, 0.15) is 5.69 Å². The summed E-state index contributed by atoms with van der Waals surface area (Å²) in [6, 6.07) is 32.7. The van der Waals surface area contributed by atoms with Gasteiger partial charge in [-0.25, -0.2) is 9.78 Å². The summed E-state index contributed by atoms with van der Waals surface area (Å²) in [6.45, 7) is 0. The predicted octanol–water partition coefficient (Wildman–Crippen LogP) is 5.63. The molecule has 0 aliphatic heterocycles. The fourth-order valence-electron chi connectivity index (χ4n) is 3.14. The van der Waals surface area contributed by atoms with E-state index in [-0.39, 0.29) is 25.8 Å². The van der Waals surface area contributed by atoms with Crippen molar-refractivity contribution in [1.29, 1.82) is 0 Å². The van der Waals surface area contributed by atoms with Crippen LogP contribution >= 0.6 is 0 Å². The van der Waals surface area contributed by atoms with Crippen molar-refractivity contribution in [1.82, 2.24) is 9.97 Å². The standard InChI is InChI=1S/C19H12N.C6H5NO2.Ir/c1-2-8-14(9-3-1)19-17-12-5-4-10-15(17)16-11-6-7-13-18(16)20-19;8-6(9)5-3-1-2-4-7-5;/h1-8,10-13H;1-4H,(H,8,9);/q-1;;. The average molecular weight is 570 g/mol. The topological polar surface area (TPSA) is 63.1 Å². The third-order valence-corrected chi connectivity index (χ3v) is 4.46. The summed E-state index contributed by atoms with van der Waals surface area (Å²) in [4.78, 5) is 18.6. The summed E-state index contributed by atoms with van der Waals surface area (Å²) in [5.41, 5.74) is 3.14. The fraction of sp³-hybridized carbons (Fsp3) is 0. The van der Waals surface area contributed by atoms with Crippen LogP contribution in [0.1, 0.15) is 10.5 Å². The second-order valence-corrected chi connectivity index (χ2v) is 6.32. The van der Waals surface area contributed by atoms with Crippen LogP contribution in [0.15, 0.2) is 97.2 Å². The molecule has 5 aromatic rings. The molecule has 5 heteroatoms. The largest absolute Gasteiger partial charge is 0.477 e. The number of carbonyl (C=O) groups is 1. The van der Waals surface area contributed by atoms with Crippen LogP contribution in [-0.4, -0.2) is 21.0 Å². The summed E-state index contributed by atoms with van der Waals surface area (Å²) in [5.74, 6) is -0.990. The third-order valence-electron chi connectivity index (χ3n) is 4.46. The minimum absolute atomic E-state index is 0. The van der Waals surface area contributed by atoms with Gasteiger partial charge >= 0.3 is 5.97 Å². The number of aromatic nitrogens is 2. The van der Waals surface area contributed by atoms with Crippen molar-refractivity contribution in [2.45, 2.75) is 0 Å². The van der Waals surface area contributed by atoms with Crippen molar-refractivity contribution >= 4 is 27.6 Å². The van der Waals surface area contributed by atoms with E-state index in [1.807, 2.05) is 24.3 Å². The van der Waals surface area contributed by atoms with Gasteiger partial charge in [-0.05, 0) is 34.7 Å². The third kappa shape index (κ3) is 4.60. The summed E-state index contributed by atoms with van der Waals surface area (Å²) >= 11 is 0. The van der Waals surface area contributed by atoms with Crippen molar-refractivity contribution in [3.8, 4) is 11.3 Å². The maximum atomic E-state index is 10.1. The van der Waals surface area contributed by atoms with Crippen LogP contribution in [0.3, 0.4) is 0 Å². The van der Waals surface area contributed by atoms with Crippen molar-refractivity contribution in [2.75, 3.05) is 0 Å². The minimum Gasteiger partial charge on any atom is -0.477 e. The van der Waals surface area contributed by atoms with Crippen LogP contribution in [-0.2, 0) is 20.1 Å². The van der Waals surface area contributed by atoms with Crippen LogP contribution in [0, 0.1) is 6.07 Å². The molecule has 0 unspecified atom stereocenters. The molecule has 0 fully saturated rings. The van der Waals surface area contributed by atoms with Gasteiger partial charge in [-0.2, -0.15) is 0 Å². The van der Waals surface area contributed by atoms with E-state index in [0.717, 1.165) is 16.8 Å². The van der Waals surface area contributed by atoms with Crippen LogP contribution in [0.2, 0.25) is 0 Å². The van der Waals surface area contributed by atoms with Crippen molar-refractivity contribution < 1.29 is 30.0 Å². The number of rotatable bonds is 2. The Labute approximate surface area is 187 Å². The number of para-hydroxylation sites is 1. The van der Waals surface area contributed by atoms with Crippen molar-refractivity contribution in [2.24, 2.45) is 0 Å².